The van der Waals surface area contributed by atoms with Gasteiger partial charge in [0.25, 0.3) is 0 Å². The van der Waals surface area contributed by atoms with E-state index in [2.05, 4.69) is 26.0 Å². The second-order valence-electron chi connectivity index (χ2n) is 5.81. The highest BCUT2D eigenvalue weighted by atomic mass is 16.4. The fourth-order valence-corrected chi connectivity index (χ4v) is 2.30. The van der Waals surface area contributed by atoms with Crippen LogP contribution in [-0.2, 0) is 12.8 Å². The zero-order valence-electron chi connectivity index (χ0n) is 13.2. The predicted molar refractivity (Wildman–Crippen MR) is 88.8 cm³/mol. The van der Waals surface area contributed by atoms with Gasteiger partial charge in [0.2, 0.25) is 0 Å². The summed E-state index contributed by atoms with van der Waals surface area (Å²) in [7, 11) is 0. The van der Waals surface area contributed by atoms with E-state index in [-0.39, 0.29) is 5.63 Å². The minimum absolute atomic E-state index is 0.219. The van der Waals surface area contributed by atoms with E-state index in [1.807, 2.05) is 38.1 Å². The van der Waals surface area contributed by atoms with Crippen LogP contribution in [0.3, 0.4) is 0 Å². The molecule has 2 rings (SSSR count). The van der Waals surface area contributed by atoms with Gasteiger partial charge >= 0.3 is 5.63 Å². The highest BCUT2D eigenvalue weighted by Crippen LogP contribution is 2.22. The third-order valence-electron chi connectivity index (χ3n) is 3.45. The van der Waals surface area contributed by atoms with Crippen molar-refractivity contribution >= 4 is 11.0 Å². The van der Waals surface area contributed by atoms with E-state index in [9.17, 15) is 4.79 Å². The molecule has 2 heteroatoms. The quantitative estimate of drug-likeness (QED) is 0.595. The van der Waals surface area contributed by atoms with Gasteiger partial charge in [0.15, 0.2) is 0 Å². The molecule has 0 fully saturated rings. The van der Waals surface area contributed by atoms with Crippen LogP contribution in [0.4, 0.5) is 0 Å². The maximum absolute atomic E-state index is 12.3. The lowest BCUT2D eigenvalue weighted by Crippen LogP contribution is -2.11. The van der Waals surface area contributed by atoms with Gasteiger partial charge in [-0.1, -0.05) is 41.5 Å². The molecule has 0 saturated heterocycles. The van der Waals surface area contributed by atoms with Gasteiger partial charge in [-0.05, 0) is 52.2 Å². The van der Waals surface area contributed by atoms with Gasteiger partial charge in [0, 0.05) is 10.9 Å². The van der Waals surface area contributed by atoms with Crippen molar-refractivity contribution in [3.8, 4) is 0 Å². The van der Waals surface area contributed by atoms with Crippen molar-refractivity contribution in [3.05, 3.63) is 69.1 Å². The van der Waals surface area contributed by atoms with Gasteiger partial charge in [-0.15, -0.1) is 0 Å². The molecule has 110 valence electrons. The summed E-state index contributed by atoms with van der Waals surface area (Å²) < 4.78 is 5.47. The molecule has 0 unspecified atom stereocenters. The number of hydrogen-bond donors (Lipinski definition) is 0. The van der Waals surface area contributed by atoms with Gasteiger partial charge < -0.3 is 4.42 Å². The van der Waals surface area contributed by atoms with E-state index in [0.29, 0.717) is 12.0 Å². The molecule has 2 aromatic rings. The SMILES string of the molecule is CC(C)=CCc1c(CC=C(C)C)c2ccccc2oc1=O. The van der Waals surface area contributed by atoms with Crippen molar-refractivity contribution < 1.29 is 4.42 Å². The fraction of sp³-hybridized carbons (Fsp3) is 0.316. The third kappa shape index (κ3) is 3.72. The van der Waals surface area contributed by atoms with E-state index in [0.717, 1.165) is 22.9 Å². The van der Waals surface area contributed by atoms with Crippen molar-refractivity contribution in [2.24, 2.45) is 0 Å². The molecule has 21 heavy (non-hydrogen) atoms. The Kier molecular flexibility index (Phi) is 4.79. The number of benzene rings is 1. The number of hydrogen-bond acceptors (Lipinski definition) is 2. The average molecular weight is 282 g/mol. The van der Waals surface area contributed by atoms with E-state index < -0.39 is 0 Å². The van der Waals surface area contributed by atoms with Crippen LogP contribution in [0.5, 0.6) is 0 Å². The highest BCUT2D eigenvalue weighted by molar-refractivity contribution is 5.81. The molecule has 0 aliphatic carbocycles. The molecule has 0 radical (unpaired) electrons. The summed E-state index contributed by atoms with van der Waals surface area (Å²) in [5.74, 6) is 0. The standard InChI is InChI=1S/C19H22O2/c1-13(2)9-11-15-16-7-5-6-8-18(16)21-19(20)17(15)12-10-14(3)4/h5-10H,11-12H2,1-4H3. The van der Waals surface area contributed by atoms with Gasteiger partial charge in [-0.2, -0.15) is 0 Å². The average Bonchev–Trinajstić information content (AvgIpc) is 2.42. The van der Waals surface area contributed by atoms with E-state index in [1.54, 1.807) is 0 Å². The number of rotatable bonds is 4. The Labute approximate surface area is 125 Å². The molecular formula is C19H22O2. The number of fused-ring (bicyclic) bond motifs is 1. The molecule has 1 aromatic heterocycles. The monoisotopic (exact) mass is 282 g/mol. The van der Waals surface area contributed by atoms with Crippen molar-refractivity contribution in [2.45, 2.75) is 40.5 Å². The maximum Gasteiger partial charge on any atom is 0.340 e. The molecule has 0 saturated carbocycles. The Hall–Kier alpha value is -2.09. The fourth-order valence-electron chi connectivity index (χ4n) is 2.30. The van der Waals surface area contributed by atoms with Crippen LogP contribution in [-0.4, -0.2) is 0 Å². The zero-order valence-corrected chi connectivity index (χ0v) is 13.2. The number of para-hydroxylation sites is 1. The minimum atomic E-state index is -0.219. The zero-order chi connectivity index (χ0) is 15.4. The molecule has 1 aromatic carbocycles. The Morgan fingerprint density at radius 1 is 0.952 bits per heavy atom. The molecule has 0 spiro atoms. The molecule has 2 nitrogen and oxygen atoms in total. The van der Waals surface area contributed by atoms with Gasteiger partial charge in [-0.3, -0.25) is 0 Å². The van der Waals surface area contributed by atoms with Crippen molar-refractivity contribution in [1.82, 2.24) is 0 Å². The first-order valence-corrected chi connectivity index (χ1v) is 7.29. The van der Waals surface area contributed by atoms with Crippen LogP contribution < -0.4 is 5.63 Å². The normalized spacial score (nSPS) is 10.5. The Balaban J connectivity index is 2.66. The second kappa shape index (κ2) is 6.57. The Morgan fingerprint density at radius 3 is 2.14 bits per heavy atom. The van der Waals surface area contributed by atoms with Crippen LogP contribution in [0.15, 0.2) is 56.8 Å². The minimum Gasteiger partial charge on any atom is -0.423 e. The van der Waals surface area contributed by atoms with Crippen molar-refractivity contribution in [2.75, 3.05) is 0 Å². The third-order valence-corrected chi connectivity index (χ3v) is 3.45. The van der Waals surface area contributed by atoms with Gasteiger partial charge in [0.1, 0.15) is 5.58 Å². The first kappa shape index (κ1) is 15.3. The smallest absolute Gasteiger partial charge is 0.340 e. The number of allylic oxidation sites excluding steroid dienone is 4. The van der Waals surface area contributed by atoms with E-state index >= 15 is 0 Å². The molecule has 0 N–H and O–H groups in total. The summed E-state index contributed by atoms with van der Waals surface area (Å²) in [4.78, 5) is 12.3. The lowest BCUT2D eigenvalue weighted by Gasteiger charge is -2.09. The van der Waals surface area contributed by atoms with Crippen LogP contribution in [0.2, 0.25) is 0 Å². The lowest BCUT2D eigenvalue weighted by atomic mass is 9.98. The molecule has 0 bridgehead atoms. The summed E-state index contributed by atoms with van der Waals surface area (Å²) >= 11 is 0. The summed E-state index contributed by atoms with van der Waals surface area (Å²) in [5, 5.41) is 1.03. The second-order valence-corrected chi connectivity index (χ2v) is 5.81. The van der Waals surface area contributed by atoms with Crippen LogP contribution in [0, 0.1) is 0 Å². The van der Waals surface area contributed by atoms with Gasteiger partial charge in [-0.25, -0.2) is 4.79 Å². The van der Waals surface area contributed by atoms with Crippen LogP contribution in [0.1, 0.15) is 38.8 Å². The van der Waals surface area contributed by atoms with Crippen molar-refractivity contribution in [1.29, 1.82) is 0 Å². The summed E-state index contributed by atoms with van der Waals surface area (Å²) in [6.45, 7) is 8.23. The largest absolute Gasteiger partial charge is 0.423 e. The van der Waals surface area contributed by atoms with E-state index in [4.69, 9.17) is 4.42 Å². The molecule has 0 aliphatic rings. The van der Waals surface area contributed by atoms with E-state index in [1.165, 1.54) is 11.1 Å². The van der Waals surface area contributed by atoms with Gasteiger partial charge in [0.05, 0.1) is 0 Å². The highest BCUT2D eigenvalue weighted by Gasteiger charge is 2.12. The molecule has 1 heterocycles. The topological polar surface area (TPSA) is 30.2 Å². The molecule has 0 amide bonds. The van der Waals surface area contributed by atoms with Crippen LogP contribution in [0.25, 0.3) is 11.0 Å². The summed E-state index contributed by atoms with van der Waals surface area (Å²) in [6.07, 6.45) is 5.63. The molecule has 0 atom stereocenters. The molecule has 0 aliphatic heterocycles. The first-order valence-electron chi connectivity index (χ1n) is 7.29. The summed E-state index contributed by atoms with van der Waals surface area (Å²) in [6, 6.07) is 7.76. The summed E-state index contributed by atoms with van der Waals surface area (Å²) in [5.41, 5.74) is 4.76. The van der Waals surface area contributed by atoms with Crippen molar-refractivity contribution in [3.63, 3.8) is 0 Å². The van der Waals surface area contributed by atoms with Crippen LogP contribution >= 0.6 is 0 Å². The first-order chi connectivity index (χ1) is 9.99. The Morgan fingerprint density at radius 2 is 1.52 bits per heavy atom. The lowest BCUT2D eigenvalue weighted by molar-refractivity contribution is 0.550. The maximum atomic E-state index is 12.3. The Bertz CT molecular complexity index is 753. The molecular weight excluding hydrogens is 260 g/mol. The predicted octanol–water partition coefficient (Wildman–Crippen LogP) is 4.81.